The van der Waals surface area contributed by atoms with Gasteiger partial charge in [0.2, 0.25) is 0 Å². The van der Waals surface area contributed by atoms with Crippen LogP contribution in [0.5, 0.6) is 0 Å². The lowest BCUT2D eigenvalue weighted by Gasteiger charge is -2.20. The molecule has 0 aromatic heterocycles. The predicted molar refractivity (Wildman–Crippen MR) is 123 cm³/mol. The number of hydrogen-bond acceptors (Lipinski definition) is 5. The maximum atomic E-state index is 13.3. The van der Waals surface area contributed by atoms with Crippen LogP contribution in [0.1, 0.15) is 22.8 Å². The van der Waals surface area contributed by atoms with Crippen LogP contribution in [0.15, 0.2) is 82.6 Å². The third-order valence-corrected chi connectivity index (χ3v) is 8.97. The first-order chi connectivity index (χ1) is 15.2. The third-order valence-electron chi connectivity index (χ3n) is 5.38. The van der Waals surface area contributed by atoms with Gasteiger partial charge in [0, 0.05) is 12.1 Å². The van der Waals surface area contributed by atoms with Crippen molar-refractivity contribution in [2.75, 3.05) is 21.9 Å². The number of sulfonamides is 1. The topological polar surface area (TPSA) is 101 Å². The molecule has 3 aromatic rings. The average molecular weight is 471 g/mol. The van der Waals surface area contributed by atoms with Crippen molar-refractivity contribution in [1.82, 2.24) is 0 Å². The summed E-state index contributed by atoms with van der Waals surface area (Å²) in [4.78, 5) is 12.9. The number of carbonyl (C=O) groups excluding carboxylic acids is 1. The van der Waals surface area contributed by atoms with Crippen molar-refractivity contribution in [1.29, 1.82) is 0 Å². The molecular formula is C23H22N2O5S2. The van der Waals surface area contributed by atoms with Crippen molar-refractivity contribution < 1.29 is 21.6 Å². The van der Waals surface area contributed by atoms with E-state index < -0.39 is 25.8 Å². The molecule has 1 aliphatic rings. The number of sulfone groups is 1. The lowest BCUT2D eigenvalue weighted by Crippen LogP contribution is -2.29. The number of hydrogen-bond donors (Lipinski definition) is 1. The van der Waals surface area contributed by atoms with Gasteiger partial charge in [0.05, 0.1) is 26.9 Å². The highest BCUT2D eigenvalue weighted by Crippen LogP contribution is 2.33. The summed E-state index contributed by atoms with van der Waals surface area (Å²) in [7, 11) is -7.40. The molecule has 166 valence electrons. The lowest BCUT2D eigenvalue weighted by molar-refractivity contribution is 0.102. The minimum absolute atomic E-state index is 0.00341. The molecule has 1 amide bonds. The lowest BCUT2D eigenvalue weighted by atomic mass is 10.2. The molecule has 0 bridgehead atoms. The smallest absolute Gasteiger partial charge is 0.264 e. The van der Waals surface area contributed by atoms with Crippen molar-refractivity contribution in [3.63, 3.8) is 0 Å². The van der Waals surface area contributed by atoms with E-state index in [1.807, 2.05) is 12.1 Å². The van der Waals surface area contributed by atoms with Crippen LogP contribution in [0, 0.1) is 0 Å². The molecule has 0 unspecified atom stereocenters. The quantitative estimate of drug-likeness (QED) is 0.594. The molecule has 0 radical (unpaired) electrons. The monoisotopic (exact) mass is 470 g/mol. The van der Waals surface area contributed by atoms with Crippen LogP contribution in [0.4, 0.5) is 11.4 Å². The summed E-state index contributed by atoms with van der Waals surface area (Å²) in [6.07, 6.45) is 0.623. The number of anilines is 2. The second-order valence-corrected chi connectivity index (χ2v) is 11.4. The van der Waals surface area contributed by atoms with Crippen LogP contribution >= 0.6 is 0 Å². The van der Waals surface area contributed by atoms with Crippen LogP contribution < -0.4 is 9.62 Å². The molecular weight excluding hydrogens is 448 g/mol. The molecule has 3 aromatic carbocycles. The number of benzene rings is 3. The van der Waals surface area contributed by atoms with Gasteiger partial charge in [-0.2, -0.15) is 0 Å². The summed E-state index contributed by atoms with van der Waals surface area (Å²) in [5.74, 6) is -0.701. The van der Waals surface area contributed by atoms with Crippen molar-refractivity contribution in [2.24, 2.45) is 0 Å². The summed E-state index contributed by atoms with van der Waals surface area (Å²) in [6, 6.07) is 19.2. The van der Waals surface area contributed by atoms with Gasteiger partial charge in [-0.1, -0.05) is 43.3 Å². The second-order valence-electron chi connectivity index (χ2n) is 7.34. The van der Waals surface area contributed by atoms with E-state index in [2.05, 4.69) is 5.32 Å². The molecule has 0 aliphatic carbocycles. The Morgan fingerprint density at radius 2 is 1.66 bits per heavy atom. The molecule has 1 aliphatic heterocycles. The summed E-state index contributed by atoms with van der Waals surface area (Å²) < 4.78 is 52.6. The fraction of sp³-hybridized carbons (Fsp3) is 0.174. The van der Waals surface area contributed by atoms with Gasteiger partial charge in [0.1, 0.15) is 0 Å². The van der Waals surface area contributed by atoms with Crippen molar-refractivity contribution in [3.8, 4) is 0 Å². The summed E-state index contributed by atoms with van der Waals surface area (Å²) in [5, 5.41) is 2.60. The number of carbonyl (C=O) groups is 1. The number of amides is 1. The standard InChI is InChI=1S/C23H22N2O5S2/c1-2-31(27,28)22-13-6-4-11-20(22)24-23(26)18-9-7-10-19(16-18)32(29,30)25-15-14-17-8-3-5-12-21(17)25/h3-13,16H,2,14-15H2,1H3,(H,24,26). The molecule has 4 rings (SSSR count). The van der Waals surface area contributed by atoms with E-state index in [9.17, 15) is 21.6 Å². The van der Waals surface area contributed by atoms with Crippen LogP contribution in [0.2, 0.25) is 0 Å². The van der Waals surface area contributed by atoms with Gasteiger partial charge in [0.25, 0.3) is 15.9 Å². The van der Waals surface area contributed by atoms with Gasteiger partial charge < -0.3 is 5.32 Å². The van der Waals surface area contributed by atoms with Gasteiger partial charge in [-0.15, -0.1) is 0 Å². The minimum atomic E-state index is -3.86. The molecule has 1 N–H and O–H groups in total. The highest BCUT2D eigenvalue weighted by molar-refractivity contribution is 7.93. The Morgan fingerprint density at radius 3 is 2.44 bits per heavy atom. The van der Waals surface area contributed by atoms with E-state index in [1.165, 1.54) is 47.6 Å². The molecule has 9 heteroatoms. The zero-order valence-corrected chi connectivity index (χ0v) is 19.0. The largest absolute Gasteiger partial charge is 0.321 e. The van der Waals surface area contributed by atoms with E-state index in [-0.39, 0.29) is 26.8 Å². The first-order valence-corrected chi connectivity index (χ1v) is 13.2. The van der Waals surface area contributed by atoms with Gasteiger partial charge in [-0.25, -0.2) is 16.8 Å². The molecule has 0 saturated carbocycles. The van der Waals surface area contributed by atoms with E-state index in [4.69, 9.17) is 0 Å². The summed E-state index contributed by atoms with van der Waals surface area (Å²) in [5.41, 5.74) is 1.86. The normalized spacial score (nSPS) is 13.6. The first-order valence-electron chi connectivity index (χ1n) is 10.1. The minimum Gasteiger partial charge on any atom is -0.321 e. The number of nitrogens with one attached hydrogen (secondary N) is 1. The Kier molecular flexibility index (Phi) is 5.79. The maximum absolute atomic E-state index is 13.3. The van der Waals surface area contributed by atoms with Crippen LogP contribution in [0.3, 0.4) is 0 Å². The number of rotatable bonds is 6. The highest BCUT2D eigenvalue weighted by atomic mass is 32.2. The van der Waals surface area contributed by atoms with Crippen molar-refractivity contribution >= 4 is 37.1 Å². The Hall–Kier alpha value is -3.17. The van der Waals surface area contributed by atoms with Crippen LogP contribution in [-0.2, 0) is 26.3 Å². The van der Waals surface area contributed by atoms with E-state index in [0.29, 0.717) is 18.7 Å². The molecule has 7 nitrogen and oxygen atoms in total. The zero-order valence-electron chi connectivity index (χ0n) is 17.4. The molecule has 32 heavy (non-hydrogen) atoms. The SMILES string of the molecule is CCS(=O)(=O)c1ccccc1NC(=O)c1cccc(S(=O)(=O)N2CCc3ccccc32)c1. The van der Waals surface area contributed by atoms with E-state index in [1.54, 1.807) is 24.3 Å². The Bertz CT molecular complexity index is 1400. The van der Waals surface area contributed by atoms with E-state index >= 15 is 0 Å². The number of fused-ring (bicyclic) bond motifs is 1. The molecule has 0 saturated heterocycles. The third kappa shape index (κ3) is 4.01. The maximum Gasteiger partial charge on any atom is 0.264 e. The summed E-state index contributed by atoms with van der Waals surface area (Å²) in [6.45, 7) is 1.86. The molecule has 1 heterocycles. The van der Waals surface area contributed by atoms with Crippen molar-refractivity contribution in [2.45, 2.75) is 23.1 Å². The molecule has 0 fully saturated rings. The van der Waals surface area contributed by atoms with Gasteiger partial charge in [-0.3, -0.25) is 9.10 Å². The van der Waals surface area contributed by atoms with Gasteiger partial charge in [-0.05, 0) is 48.4 Å². The predicted octanol–water partition coefficient (Wildman–Crippen LogP) is 3.48. The summed E-state index contributed by atoms with van der Waals surface area (Å²) >= 11 is 0. The van der Waals surface area contributed by atoms with Gasteiger partial charge in [0.15, 0.2) is 9.84 Å². The molecule has 0 spiro atoms. The number of para-hydroxylation sites is 2. The highest BCUT2D eigenvalue weighted by Gasteiger charge is 2.31. The van der Waals surface area contributed by atoms with Crippen LogP contribution in [0.25, 0.3) is 0 Å². The number of nitrogens with zero attached hydrogens (tertiary/aromatic N) is 1. The molecule has 0 atom stereocenters. The fourth-order valence-electron chi connectivity index (χ4n) is 3.67. The van der Waals surface area contributed by atoms with Crippen molar-refractivity contribution in [3.05, 3.63) is 83.9 Å². The second kappa shape index (κ2) is 8.40. The zero-order chi connectivity index (χ0) is 22.9. The Labute approximate surface area is 187 Å². The fourth-order valence-corrected chi connectivity index (χ4v) is 6.27. The first kappa shape index (κ1) is 22.0. The van der Waals surface area contributed by atoms with Gasteiger partial charge >= 0.3 is 0 Å². The van der Waals surface area contributed by atoms with Crippen LogP contribution in [-0.4, -0.2) is 35.0 Å². The Balaban J connectivity index is 1.64. The van der Waals surface area contributed by atoms with E-state index in [0.717, 1.165) is 5.56 Å². The Morgan fingerprint density at radius 1 is 0.938 bits per heavy atom. The average Bonchev–Trinajstić information content (AvgIpc) is 3.24.